The van der Waals surface area contributed by atoms with Crippen LogP contribution < -0.4 is 18.9 Å². The SMILES string of the molecule is COc1cccc(/C(=C/C(=O)N2CCN(C(=O)c3cc(OC)c(OC)c(OC)c3)CC2)c2cccc(Cl)c2)c1. The van der Waals surface area contributed by atoms with Crippen LogP contribution in [0.4, 0.5) is 0 Å². The molecular formula is C30H31ClN2O6. The molecule has 4 rings (SSSR count). The lowest BCUT2D eigenvalue weighted by atomic mass is 9.97. The number of carbonyl (C=O) groups is 2. The Morgan fingerprint density at radius 2 is 1.31 bits per heavy atom. The number of carbonyl (C=O) groups excluding carboxylic acids is 2. The second-order valence-corrected chi connectivity index (χ2v) is 9.27. The molecule has 1 saturated heterocycles. The van der Waals surface area contributed by atoms with Gasteiger partial charge in [-0.15, -0.1) is 0 Å². The maximum atomic E-state index is 13.4. The number of hydrogen-bond donors (Lipinski definition) is 0. The number of halogens is 1. The molecule has 3 aromatic rings. The van der Waals surface area contributed by atoms with Gasteiger partial charge in [-0.05, 0) is 53.1 Å². The van der Waals surface area contributed by atoms with Crippen molar-refractivity contribution >= 4 is 29.0 Å². The molecule has 0 spiro atoms. The van der Waals surface area contributed by atoms with E-state index in [1.807, 2.05) is 42.5 Å². The van der Waals surface area contributed by atoms with Crippen LogP contribution in [0.25, 0.3) is 5.57 Å². The molecule has 0 radical (unpaired) electrons. The lowest BCUT2D eigenvalue weighted by molar-refractivity contribution is -0.127. The van der Waals surface area contributed by atoms with E-state index in [1.165, 1.54) is 21.3 Å². The Kier molecular flexibility index (Phi) is 8.99. The standard InChI is InChI=1S/C30H31ClN2O6/c1-36-24-10-6-8-21(16-24)25(20-7-5-9-23(31)15-20)19-28(34)32-11-13-33(14-12-32)30(35)22-17-26(37-2)29(39-4)27(18-22)38-3/h5-10,15-19H,11-14H2,1-4H3/b25-19+. The fraction of sp³-hybridized carbons (Fsp3) is 0.267. The van der Waals surface area contributed by atoms with Crippen molar-refractivity contribution in [3.63, 3.8) is 0 Å². The van der Waals surface area contributed by atoms with Crippen molar-refractivity contribution < 1.29 is 28.5 Å². The largest absolute Gasteiger partial charge is 0.497 e. The highest BCUT2D eigenvalue weighted by Gasteiger charge is 2.26. The number of methoxy groups -OCH3 is 4. The summed E-state index contributed by atoms with van der Waals surface area (Å²) in [5.74, 6) is 1.60. The number of hydrogen-bond acceptors (Lipinski definition) is 6. The molecule has 1 aliphatic heterocycles. The first kappa shape index (κ1) is 27.9. The number of piperazine rings is 1. The Balaban J connectivity index is 1.53. The minimum absolute atomic E-state index is 0.146. The molecule has 0 unspecified atom stereocenters. The van der Waals surface area contributed by atoms with E-state index in [1.54, 1.807) is 41.2 Å². The molecule has 1 aliphatic rings. The lowest BCUT2D eigenvalue weighted by Gasteiger charge is -2.34. The van der Waals surface area contributed by atoms with Gasteiger partial charge in [0.05, 0.1) is 28.4 Å². The Bertz CT molecular complexity index is 1360. The second kappa shape index (κ2) is 12.6. The summed E-state index contributed by atoms with van der Waals surface area (Å²) in [5, 5.41) is 0.577. The van der Waals surface area contributed by atoms with Gasteiger partial charge in [0, 0.05) is 42.8 Å². The van der Waals surface area contributed by atoms with Gasteiger partial charge in [-0.3, -0.25) is 9.59 Å². The molecule has 2 amide bonds. The summed E-state index contributed by atoms with van der Waals surface area (Å²) in [4.78, 5) is 30.2. The van der Waals surface area contributed by atoms with Crippen LogP contribution in [0.1, 0.15) is 21.5 Å². The normalized spacial score (nSPS) is 13.6. The van der Waals surface area contributed by atoms with Crippen molar-refractivity contribution in [2.75, 3.05) is 54.6 Å². The smallest absolute Gasteiger partial charge is 0.254 e. The monoisotopic (exact) mass is 550 g/mol. The van der Waals surface area contributed by atoms with E-state index in [2.05, 4.69) is 0 Å². The number of amides is 2. The molecule has 0 atom stereocenters. The van der Waals surface area contributed by atoms with Crippen molar-refractivity contribution in [2.45, 2.75) is 0 Å². The van der Waals surface area contributed by atoms with Gasteiger partial charge < -0.3 is 28.7 Å². The number of ether oxygens (including phenoxy) is 4. The van der Waals surface area contributed by atoms with Gasteiger partial charge in [0.15, 0.2) is 11.5 Å². The average molecular weight is 551 g/mol. The molecule has 0 bridgehead atoms. The molecule has 1 fully saturated rings. The molecule has 0 aromatic heterocycles. The summed E-state index contributed by atoms with van der Waals surface area (Å²) in [6, 6.07) is 18.2. The lowest BCUT2D eigenvalue weighted by Crippen LogP contribution is -2.50. The zero-order valence-electron chi connectivity index (χ0n) is 22.4. The minimum atomic E-state index is -0.173. The van der Waals surface area contributed by atoms with E-state index in [0.29, 0.717) is 59.8 Å². The van der Waals surface area contributed by atoms with Gasteiger partial charge in [-0.25, -0.2) is 0 Å². The van der Waals surface area contributed by atoms with E-state index >= 15 is 0 Å². The van der Waals surface area contributed by atoms with Crippen molar-refractivity contribution in [3.8, 4) is 23.0 Å². The van der Waals surface area contributed by atoms with Crippen LogP contribution in [0.5, 0.6) is 23.0 Å². The third-order valence-corrected chi connectivity index (χ3v) is 6.81. The quantitative estimate of drug-likeness (QED) is 0.375. The van der Waals surface area contributed by atoms with Crippen molar-refractivity contribution in [3.05, 3.63) is 88.5 Å². The van der Waals surface area contributed by atoms with Gasteiger partial charge in [-0.2, -0.15) is 0 Å². The number of nitrogens with zero attached hydrogens (tertiary/aromatic N) is 2. The van der Waals surface area contributed by atoms with E-state index < -0.39 is 0 Å². The first-order valence-electron chi connectivity index (χ1n) is 12.4. The Morgan fingerprint density at radius 1 is 0.718 bits per heavy atom. The van der Waals surface area contributed by atoms with Crippen molar-refractivity contribution in [1.29, 1.82) is 0 Å². The summed E-state index contributed by atoms with van der Waals surface area (Å²) in [6.45, 7) is 1.57. The van der Waals surface area contributed by atoms with Crippen LogP contribution in [-0.2, 0) is 4.79 Å². The molecule has 0 N–H and O–H groups in total. The first-order chi connectivity index (χ1) is 18.9. The average Bonchev–Trinajstić information content (AvgIpc) is 2.98. The van der Waals surface area contributed by atoms with Crippen molar-refractivity contribution in [1.82, 2.24) is 9.80 Å². The van der Waals surface area contributed by atoms with Crippen molar-refractivity contribution in [2.24, 2.45) is 0 Å². The Hall–Kier alpha value is -4.17. The molecule has 9 heteroatoms. The van der Waals surface area contributed by atoms with Crippen LogP contribution in [0, 0.1) is 0 Å². The van der Waals surface area contributed by atoms with Gasteiger partial charge in [0.25, 0.3) is 5.91 Å². The summed E-state index contributed by atoms with van der Waals surface area (Å²) in [7, 11) is 6.13. The molecule has 3 aromatic carbocycles. The first-order valence-corrected chi connectivity index (χ1v) is 12.8. The summed E-state index contributed by atoms with van der Waals surface area (Å²) >= 11 is 6.26. The van der Waals surface area contributed by atoms with E-state index in [9.17, 15) is 9.59 Å². The minimum Gasteiger partial charge on any atom is -0.497 e. The fourth-order valence-electron chi connectivity index (χ4n) is 4.51. The molecule has 0 saturated carbocycles. The second-order valence-electron chi connectivity index (χ2n) is 8.83. The highest BCUT2D eigenvalue weighted by molar-refractivity contribution is 6.30. The summed E-state index contributed by atoms with van der Waals surface area (Å²) < 4.78 is 21.5. The van der Waals surface area contributed by atoms with Gasteiger partial charge >= 0.3 is 0 Å². The highest BCUT2D eigenvalue weighted by Crippen LogP contribution is 2.38. The summed E-state index contributed by atoms with van der Waals surface area (Å²) in [5.41, 5.74) is 2.81. The molecule has 39 heavy (non-hydrogen) atoms. The van der Waals surface area contributed by atoms with Crippen LogP contribution in [0.3, 0.4) is 0 Å². The van der Waals surface area contributed by atoms with Crippen LogP contribution in [-0.4, -0.2) is 76.2 Å². The number of rotatable bonds is 8. The van der Waals surface area contributed by atoms with Crippen LogP contribution >= 0.6 is 11.6 Å². The predicted molar refractivity (Wildman–Crippen MR) is 150 cm³/mol. The third kappa shape index (κ3) is 6.29. The number of benzene rings is 3. The zero-order chi connectivity index (χ0) is 27.9. The topological polar surface area (TPSA) is 77.5 Å². The highest BCUT2D eigenvalue weighted by atomic mass is 35.5. The Labute approximate surface area is 233 Å². The maximum absolute atomic E-state index is 13.4. The zero-order valence-corrected chi connectivity index (χ0v) is 23.2. The third-order valence-electron chi connectivity index (χ3n) is 6.57. The molecule has 0 aliphatic carbocycles. The molecule has 8 nitrogen and oxygen atoms in total. The molecule has 1 heterocycles. The predicted octanol–water partition coefficient (Wildman–Crippen LogP) is 4.79. The fourth-order valence-corrected chi connectivity index (χ4v) is 4.70. The van der Waals surface area contributed by atoms with E-state index in [4.69, 9.17) is 30.5 Å². The van der Waals surface area contributed by atoms with Gasteiger partial charge in [0.2, 0.25) is 11.7 Å². The Morgan fingerprint density at radius 3 is 1.87 bits per heavy atom. The van der Waals surface area contributed by atoms with Gasteiger partial charge in [0.1, 0.15) is 5.75 Å². The molecular weight excluding hydrogens is 520 g/mol. The van der Waals surface area contributed by atoms with Crippen LogP contribution in [0.15, 0.2) is 66.7 Å². The summed E-state index contributed by atoms with van der Waals surface area (Å²) in [6.07, 6.45) is 1.62. The van der Waals surface area contributed by atoms with E-state index in [0.717, 1.165) is 16.7 Å². The van der Waals surface area contributed by atoms with Gasteiger partial charge in [-0.1, -0.05) is 35.9 Å². The van der Waals surface area contributed by atoms with Crippen LogP contribution in [0.2, 0.25) is 5.02 Å². The maximum Gasteiger partial charge on any atom is 0.254 e. The van der Waals surface area contributed by atoms with E-state index in [-0.39, 0.29) is 11.8 Å². The molecule has 204 valence electrons.